The molecule has 0 radical (unpaired) electrons. The molecule has 2 amide bonds. The molecule has 0 aromatic heterocycles. The number of amides is 2. The van der Waals surface area contributed by atoms with Crippen LogP contribution in [-0.2, 0) is 26.2 Å². The molecule has 0 spiro atoms. The van der Waals surface area contributed by atoms with Gasteiger partial charge in [0.2, 0.25) is 21.8 Å². The lowest BCUT2D eigenvalue weighted by Crippen LogP contribution is -2.51. The number of carbonyl (C=O) groups excluding carboxylic acids is 2. The van der Waals surface area contributed by atoms with Gasteiger partial charge in [-0.1, -0.05) is 74.5 Å². The first kappa shape index (κ1) is 27.2. The normalized spacial score (nSPS) is 12.4. The van der Waals surface area contributed by atoms with Crippen LogP contribution >= 0.6 is 0 Å². The molecule has 3 rings (SSSR count). The lowest BCUT2D eigenvalue weighted by atomic mass is 10.1. The van der Waals surface area contributed by atoms with Gasteiger partial charge in [-0.25, -0.2) is 8.42 Å². The van der Waals surface area contributed by atoms with E-state index in [4.69, 9.17) is 0 Å². The fraction of sp³-hybridized carbons (Fsp3) is 0.357. The van der Waals surface area contributed by atoms with Crippen molar-refractivity contribution in [2.75, 3.05) is 23.7 Å². The number of sulfonamides is 1. The van der Waals surface area contributed by atoms with E-state index in [9.17, 15) is 18.0 Å². The van der Waals surface area contributed by atoms with Gasteiger partial charge in [-0.15, -0.1) is 0 Å². The number of anilines is 1. The number of benzene rings is 3. The average molecular weight is 510 g/mol. The molecule has 0 aliphatic carbocycles. The Balaban J connectivity index is 1.98. The second-order valence-electron chi connectivity index (χ2n) is 9.53. The predicted octanol–water partition coefficient (Wildman–Crippen LogP) is 4.10. The van der Waals surface area contributed by atoms with Gasteiger partial charge in [0.1, 0.15) is 12.6 Å². The molecule has 36 heavy (non-hydrogen) atoms. The molecule has 3 aromatic rings. The number of hydrogen-bond acceptors (Lipinski definition) is 4. The van der Waals surface area contributed by atoms with Gasteiger partial charge in [-0.2, -0.15) is 0 Å². The van der Waals surface area contributed by atoms with E-state index < -0.39 is 28.5 Å². The molecular weight excluding hydrogens is 474 g/mol. The first-order valence-corrected chi connectivity index (χ1v) is 13.9. The van der Waals surface area contributed by atoms with E-state index in [1.807, 2.05) is 75.4 Å². The standard InChI is InChI=1S/C28H35N3O4S/c1-20(2)17-29-28(33)22(4)30(18-24-13-7-6-11-21(24)3)27(32)19-31(36(5,34)35)26-16-10-14-23-12-8-9-15-25(23)26/h6-16,20,22H,17-19H2,1-5H3,(H,29,33)/t22-/m1/s1. The molecule has 0 saturated carbocycles. The van der Waals surface area contributed by atoms with Crippen molar-refractivity contribution in [3.05, 3.63) is 77.9 Å². The molecular formula is C28H35N3O4S. The Bertz CT molecular complexity index is 1330. The zero-order valence-electron chi connectivity index (χ0n) is 21.6. The summed E-state index contributed by atoms with van der Waals surface area (Å²) in [5.41, 5.74) is 2.31. The van der Waals surface area contributed by atoms with Crippen LogP contribution in [-0.4, -0.2) is 50.5 Å². The molecule has 8 heteroatoms. The SMILES string of the molecule is Cc1ccccc1CN(C(=O)CN(c1cccc2ccccc12)S(C)(=O)=O)[C@H](C)C(=O)NCC(C)C. The second-order valence-corrected chi connectivity index (χ2v) is 11.4. The Kier molecular flexibility index (Phi) is 8.74. The summed E-state index contributed by atoms with van der Waals surface area (Å²) in [4.78, 5) is 28.2. The van der Waals surface area contributed by atoms with Crippen LogP contribution < -0.4 is 9.62 Å². The van der Waals surface area contributed by atoms with Gasteiger partial charge >= 0.3 is 0 Å². The molecule has 0 heterocycles. The summed E-state index contributed by atoms with van der Waals surface area (Å²) in [7, 11) is -3.80. The minimum Gasteiger partial charge on any atom is -0.354 e. The summed E-state index contributed by atoms with van der Waals surface area (Å²) in [6, 6.07) is 19.7. The van der Waals surface area contributed by atoms with Gasteiger partial charge in [0.25, 0.3) is 0 Å². The van der Waals surface area contributed by atoms with E-state index in [0.29, 0.717) is 12.2 Å². The minimum atomic E-state index is -3.80. The van der Waals surface area contributed by atoms with Crippen LogP contribution in [0.4, 0.5) is 5.69 Å². The zero-order valence-corrected chi connectivity index (χ0v) is 22.4. The van der Waals surface area contributed by atoms with Crippen LogP contribution in [0.1, 0.15) is 31.9 Å². The van der Waals surface area contributed by atoms with Crippen molar-refractivity contribution in [2.45, 2.75) is 40.3 Å². The smallest absolute Gasteiger partial charge is 0.244 e. The van der Waals surface area contributed by atoms with E-state index >= 15 is 0 Å². The summed E-state index contributed by atoms with van der Waals surface area (Å²) in [5, 5.41) is 4.49. The van der Waals surface area contributed by atoms with Crippen molar-refractivity contribution >= 4 is 38.3 Å². The van der Waals surface area contributed by atoms with Gasteiger partial charge in [0.05, 0.1) is 11.9 Å². The Labute approximate surface area is 214 Å². The van der Waals surface area contributed by atoms with E-state index in [1.54, 1.807) is 19.1 Å². The first-order valence-electron chi connectivity index (χ1n) is 12.1. The number of fused-ring (bicyclic) bond motifs is 1. The van der Waals surface area contributed by atoms with Crippen LogP contribution in [0.2, 0.25) is 0 Å². The van der Waals surface area contributed by atoms with Gasteiger partial charge in [0, 0.05) is 18.5 Å². The van der Waals surface area contributed by atoms with E-state index in [1.165, 1.54) is 4.90 Å². The number of hydrogen-bond donors (Lipinski definition) is 1. The van der Waals surface area contributed by atoms with Gasteiger partial charge in [0.15, 0.2) is 0 Å². The third kappa shape index (κ3) is 6.63. The maximum Gasteiger partial charge on any atom is 0.244 e. The summed E-state index contributed by atoms with van der Waals surface area (Å²) in [6.45, 7) is 7.87. The highest BCUT2D eigenvalue weighted by molar-refractivity contribution is 7.92. The summed E-state index contributed by atoms with van der Waals surface area (Å²) >= 11 is 0. The minimum absolute atomic E-state index is 0.189. The fourth-order valence-corrected chi connectivity index (χ4v) is 4.89. The zero-order chi connectivity index (χ0) is 26.5. The third-order valence-corrected chi connectivity index (χ3v) is 7.29. The van der Waals surface area contributed by atoms with Crippen LogP contribution in [0.25, 0.3) is 10.8 Å². The molecule has 7 nitrogen and oxygen atoms in total. The van der Waals surface area contributed by atoms with Crippen molar-refractivity contribution in [3.63, 3.8) is 0 Å². The molecule has 0 aliphatic rings. The van der Waals surface area contributed by atoms with Crippen LogP contribution in [0, 0.1) is 12.8 Å². The fourth-order valence-electron chi connectivity index (χ4n) is 4.03. The molecule has 0 aliphatic heterocycles. The lowest BCUT2D eigenvalue weighted by Gasteiger charge is -2.32. The topological polar surface area (TPSA) is 86.8 Å². The summed E-state index contributed by atoms with van der Waals surface area (Å²) in [6.07, 6.45) is 1.09. The lowest BCUT2D eigenvalue weighted by molar-refractivity contribution is -0.139. The molecule has 1 atom stereocenters. The van der Waals surface area contributed by atoms with Crippen LogP contribution in [0.5, 0.6) is 0 Å². The molecule has 1 N–H and O–H groups in total. The monoisotopic (exact) mass is 509 g/mol. The number of nitrogens with one attached hydrogen (secondary N) is 1. The second kappa shape index (κ2) is 11.6. The first-order chi connectivity index (χ1) is 17.0. The van der Waals surface area contributed by atoms with Gasteiger partial charge in [-0.3, -0.25) is 13.9 Å². The van der Waals surface area contributed by atoms with Crippen molar-refractivity contribution in [3.8, 4) is 0 Å². The highest BCUT2D eigenvalue weighted by atomic mass is 32.2. The quantitative estimate of drug-likeness (QED) is 0.446. The molecule has 0 saturated heterocycles. The molecule has 192 valence electrons. The number of rotatable bonds is 10. The maximum atomic E-state index is 13.7. The molecule has 0 unspecified atom stereocenters. The average Bonchev–Trinajstić information content (AvgIpc) is 2.83. The number of carbonyl (C=O) groups is 2. The maximum absolute atomic E-state index is 13.7. The van der Waals surface area contributed by atoms with Gasteiger partial charge < -0.3 is 10.2 Å². The Morgan fingerprint density at radius 1 is 0.917 bits per heavy atom. The summed E-state index contributed by atoms with van der Waals surface area (Å²) in [5.74, 6) is -0.473. The van der Waals surface area contributed by atoms with Crippen molar-refractivity contribution < 1.29 is 18.0 Å². The summed E-state index contributed by atoms with van der Waals surface area (Å²) < 4.78 is 26.9. The Morgan fingerprint density at radius 3 is 2.22 bits per heavy atom. The van der Waals surface area contributed by atoms with Crippen molar-refractivity contribution in [1.29, 1.82) is 0 Å². The predicted molar refractivity (Wildman–Crippen MR) is 145 cm³/mol. The largest absolute Gasteiger partial charge is 0.354 e. The third-order valence-electron chi connectivity index (χ3n) is 6.17. The van der Waals surface area contributed by atoms with Crippen LogP contribution in [0.15, 0.2) is 66.7 Å². The Hall–Kier alpha value is -3.39. The highest BCUT2D eigenvalue weighted by Gasteiger charge is 2.30. The van der Waals surface area contributed by atoms with E-state index in [2.05, 4.69) is 5.32 Å². The highest BCUT2D eigenvalue weighted by Crippen LogP contribution is 2.28. The number of nitrogens with zero attached hydrogens (tertiary/aromatic N) is 2. The van der Waals surface area contributed by atoms with E-state index in [0.717, 1.165) is 32.5 Å². The van der Waals surface area contributed by atoms with Crippen LogP contribution in [0.3, 0.4) is 0 Å². The van der Waals surface area contributed by atoms with Gasteiger partial charge in [-0.05, 0) is 42.3 Å². The Morgan fingerprint density at radius 2 is 1.56 bits per heavy atom. The molecule has 3 aromatic carbocycles. The van der Waals surface area contributed by atoms with E-state index in [-0.39, 0.29) is 18.4 Å². The molecule has 0 bridgehead atoms. The van der Waals surface area contributed by atoms with Crippen molar-refractivity contribution in [1.82, 2.24) is 10.2 Å². The van der Waals surface area contributed by atoms with Crippen molar-refractivity contribution in [2.24, 2.45) is 5.92 Å². The number of aryl methyl sites for hydroxylation is 1. The molecule has 0 fully saturated rings.